The molecular formula is C12H17ClN2O. The molecule has 0 aliphatic rings. The second-order valence-corrected chi connectivity index (χ2v) is 4.03. The zero-order chi connectivity index (χ0) is 12.0. The van der Waals surface area contributed by atoms with E-state index in [9.17, 15) is 4.79 Å². The van der Waals surface area contributed by atoms with Crippen LogP contribution >= 0.6 is 11.6 Å². The standard InChI is InChI=1S/C12H17ClN2O/c1-3-5-8-15(4-2)12(16)11-9-10(13)6-7-14-11/h6-7,9H,3-5,8H2,1-2H3. The Bertz CT molecular complexity index is 355. The lowest BCUT2D eigenvalue weighted by Crippen LogP contribution is -2.32. The minimum Gasteiger partial charge on any atom is -0.338 e. The van der Waals surface area contributed by atoms with Crippen LogP contribution in [-0.2, 0) is 0 Å². The van der Waals surface area contributed by atoms with Crippen molar-refractivity contribution in [2.45, 2.75) is 26.7 Å². The van der Waals surface area contributed by atoms with Crippen molar-refractivity contribution in [2.24, 2.45) is 0 Å². The molecule has 0 unspecified atom stereocenters. The molecular weight excluding hydrogens is 224 g/mol. The topological polar surface area (TPSA) is 33.2 Å². The first kappa shape index (κ1) is 13.0. The van der Waals surface area contributed by atoms with Crippen molar-refractivity contribution in [3.05, 3.63) is 29.0 Å². The predicted molar refractivity (Wildman–Crippen MR) is 65.7 cm³/mol. The SMILES string of the molecule is CCCCN(CC)C(=O)c1cc(Cl)ccn1. The largest absolute Gasteiger partial charge is 0.338 e. The summed E-state index contributed by atoms with van der Waals surface area (Å²) in [6, 6.07) is 3.28. The second-order valence-electron chi connectivity index (χ2n) is 3.60. The average Bonchev–Trinajstić information content (AvgIpc) is 2.29. The number of hydrogen-bond donors (Lipinski definition) is 0. The molecule has 3 nitrogen and oxygen atoms in total. The van der Waals surface area contributed by atoms with Gasteiger partial charge in [-0.05, 0) is 25.5 Å². The van der Waals surface area contributed by atoms with Crippen LogP contribution in [0.4, 0.5) is 0 Å². The Morgan fingerprint density at radius 1 is 1.50 bits per heavy atom. The van der Waals surface area contributed by atoms with Gasteiger partial charge in [-0.2, -0.15) is 0 Å². The summed E-state index contributed by atoms with van der Waals surface area (Å²) in [6.45, 7) is 5.56. The predicted octanol–water partition coefficient (Wildman–Crippen LogP) is 3.00. The molecule has 0 aliphatic carbocycles. The van der Waals surface area contributed by atoms with E-state index in [1.54, 1.807) is 23.2 Å². The van der Waals surface area contributed by atoms with Crippen LogP contribution in [0.5, 0.6) is 0 Å². The van der Waals surface area contributed by atoms with Crippen molar-refractivity contribution >= 4 is 17.5 Å². The quantitative estimate of drug-likeness (QED) is 0.793. The van der Waals surface area contributed by atoms with Crippen molar-refractivity contribution in [1.82, 2.24) is 9.88 Å². The molecule has 0 saturated heterocycles. The molecule has 0 atom stereocenters. The number of rotatable bonds is 5. The van der Waals surface area contributed by atoms with Crippen LogP contribution in [0.3, 0.4) is 0 Å². The van der Waals surface area contributed by atoms with Crippen LogP contribution in [0.2, 0.25) is 5.02 Å². The lowest BCUT2D eigenvalue weighted by atomic mass is 10.2. The summed E-state index contributed by atoms with van der Waals surface area (Å²) in [6.07, 6.45) is 3.65. The molecule has 0 fully saturated rings. The van der Waals surface area contributed by atoms with E-state index in [-0.39, 0.29) is 5.91 Å². The molecule has 0 aliphatic heterocycles. The van der Waals surface area contributed by atoms with Crippen molar-refractivity contribution in [1.29, 1.82) is 0 Å². The van der Waals surface area contributed by atoms with Crippen LogP contribution in [0.25, 0.3) is 0 Å². The van der Waals surface area contributed by atoms with Crippen molar-refractivity contribution < 1.29 is 4.79 Å². The van der Waals surface area contributed by atoms with E-state index in [0.717, 1.165) is 19.4 Å². The third kappa shape index (κ3) is 3.49. The summed E-state index contributed by atoms with van der Waals surface area (Å²) in [5, 5.41) is 0.546. The van der Waals surface area contributed by atoms with Crippen LogP contribution in [0.15, 0.2) is 18.3 Å². The molecule has 0 aromatic carbocycles. The number of unbranched alkanes of at least 4 members (excludes halogenated alkanes) is 1. The van der Waals surface area contributed by atoms with Crippen LogP contribution in [0.1, 0.15) is 37.2 Å². The van der Waals surface area contributed by atoms with Gasteiger partial charge < -0.3 is 4.90 Å². The lowest BCUT2D eigenvalue weighted by Gasteiger charge is -2.20. The van der Waals surface area contributed by atoms with E-state index >= 15 is 0 Å². The molecule has 0 saturated carbocycles. The lowest BCUT2D eigenvalue weighted by molar-refractivity contribution is 0.0756. The molecule has 16 heavy (non-hydrogen) atoms. The van der Waals surface area contributed by atoms with Crippen molar-refractivity contribution in [3.63, 3.8) is 0 Å². The number of pyridine rings is 1. The first-order chi connectivity index (χ1) is 7.69. The zero-order valence-corrected chi connectivity index (χ0v) is 10.5. The van der Waals surface area contributed by atoms with Crippen LogP contribution in [-0.4, -0.2) is 28.9 Å². The number of aromatic nitrogens is 1. The summed E-state index contributed by atoms with van der Waals surface area (Å²) in [5.74, 6) is -0.0431. The summed E-state index contributed by atoms with van der Waals surface area (Å²) in [5.41, 5.74) is 0.422. The Morgan fingerprint density at radius 3 is 2.81 bits per heavy atom. The van der Waals surface area contributed by atoms with Gasteiger partial charge >= 0.3 is 0 Å². The number of carbonyl (C=O) groups is 1. The second kappa shape index (κ2) is 6.48. The van der Waals surface area contributed by atoms with Gasteiger partial charge in [0.2, 0.25) is 0 Å². The minimum atomic E-state index is -0.0431. The molecule has 1 aromatic rings. The van der Waals surface area contributed by atoms with Gasteiger partial charge in [0.05, 0.1) is 0 Å². The molecule has 1 rings (SSSR count). The monoisotopic (exact) mass is 240 g/mol. The average molecular weight is 241 g/mol. The molecule has 1 heterocycles. The van der Waals surface area contributed by atoms with Crippen molar-refractivity contribution in [2.75, 3.05) is 13.1 Å². The van der Waals surface area contributed by atoms with E-state index in [1.165, 1.54) is 0 Å². The highest BCUT2D eigenvalue weighted by Crippen LogP contribution is 2.10. The maximum Gasteiger partial charge on any atom is 0.272 e. The highest BCUT2D eigenvalue weighted by molar-refractivity contribution is 6.30. The Kier molecular flexibility index (Phi) is 5.26. The minimum absolute atomic E-state index is 0.0431. The van der Waals surface area contributed by atoms with Gasteiger partial charge in [0.25, 0.3) is 5.91 Å². The first-order valence-corrected chi connectivity index (χ1v) is 5.97. The fraction of sp³-hybridized carbons (Fsp3) is 0.500. The third-order valence-corrected chi connectivity index (χ3v) is 2.63. The van der Waals surface area contributed by atoms with E-state index in [2.05, 4.69) is 11.9 Å². The molecule has 0 spiro atoms. The Morgan fingerprint density at radius 2 is 2.25 bits per heavy atom. The summed E-state index contributed by atoms with van der Waals surface area (Å²) < 4.78 is 0. The van der Waals surface area contributed by atoms with E-state index in [1.807, 2.05) is 6.92 Å². The van der Waals surface area contributed by atoms with E-state index < -0.39 is 0 Å². The van der Waals surface area contributed by atoms with Gasteiger partial charge in [-0.3, -0.25) is 9.78 Å². The molecule has 1 aromatic heterocycles. The van der Waals surface area contributed by atoms with E-state index in [4.69, 9.17) is 11.6 Å². The van der Waals surface area contributed by atoms with Gasteiger partial charge in [0.1, 0.15) is 5.69 Å². The number of nitrogens with zero attached hydrogens (tertiary/aromatic N) is 2. The highest BCUT2D eigenvalue weighted by atomic mass is 35.5. The maximum atomic E-state index is 12.0. The van der Waals surface area contributed by atoms with E-state index in [0.29, 0.717) is 17.3 Å². The van der Waals surface area contributed by atoms with Crippen molar-refractivity contribution in [3.8, 4) is 0 Å². The normalized spacial score (nSPS) is 10.2. The fourth-order valence-corrected chi connectivity index (χ4v) is 1.60. The van der Waals surface area contributed by atoms with Gasteiger partial charge in [0.15, 0.2) is 0 Å². The first-order valence-electron chi connectivity index (χ1n) is 5.59. The molecule has 0 bridgehead atoms. The molecule has 4 heteroatoms. The van der Waals surface area contributed by atoms with Gasteiger partial charge in [-0.25, -0.2) is 0 Å². The zero-order valence-electron chi connectivity index (χ0n) is 9.74. The molecule has 0 radical (unpaired) electrons. The summed E-state index contributed by atoms with van der Waals surface area (Å²) >= 11 is 5.83. The van der Waals surface area contributed by atoms with Gasteiger partial charge in [-0.15, -0.1) is 0 Å². The number of hydrogen-bond acceptors (Lipinski definition) is 2. The fourth-order valence-electron chi connectivity index (χ4n) is 1.44. The third-order valence-electron chi connectivity index (χ3n) is 2.39. The number of carbonyl (C=O) groups excluding carboxylic acids is 1. The maximum absolute atomic E-state index is 12.0. The Labute approximate surface area is 101 Å². The highest BCUT2D eigenvalue weighted by Gasteiger charge is 2.14. The Hall–Kier alpha value is -1.09. The molecule has 88 valence electrons. The number of amides is 1. The van der Waals surface area contributed by atoms with Gasteiger partial charge in [-0.1, -0.05) is 24.9 Å². The van der Waals surface area contributed by atoms with Crippen LogP contribution < -0.4 is 0 Å². The molecule has 0 N–H and O–H groups in total. The Balaban J connectivity index is 2.74. The molecule has 1 amide bonds. The van der Waals surface area contributed by atoms with Crippen LogP contribution in [0, 0.1) is 0 Å². The van der Waals surface area contributed by atoms with Gasteiger partial charge in [0, 0.05) is 24.3 Å². The number of halogens is 1. The smallest absolute Gasteiger partial charge is 0.272 e. The summed E-state index contributed by atoms with van der Waals surface area (Å²) in [4.78, 5) is 17.9. The summed E-state index contributed by atoms with van der Waals surface area (Å²) in [7, 11) is 0.